The van der Waals surface area contributed by atoms with Crippen molar-refractivity contribution in [3.63, 3.8) is 0 Å². The third-order valence-electron chi connectivity index (χ3n) is 3.70. The summed E-state index contributed by atoms with van der Waals surface area (Å²) in [7, 11) is 0. The molecular formula is C19H17ClN2O3. The summed E-state index contributed by atoms with van der Waals surface area (Å²) in [5.41, 5.74) is 2.40. The number of hydrogen-bond acceptors (Lipinski definition) is 5. The average molecular weight is 357 g/mol. The Morgan fingerprint density at radius 2 is 1.76 bits per heavy atom. The number of halogens is 1. The van der Waals surface area contributed by atoms with E-state index in [2.05, 4.69) is 24.0 Å². The van der Waals surface area contributed by atoms with Crippen LogP contribution in [0.15, 0.2) is 52.9 Å². The third-order valence-corrected chi connectivity index (χ3v) is 3.95. The van der Waals surface area contributed by atoms with Crippen molar-refractivity contribution in [2.45, 2.75) is 26.4 Å². The van der Waals surface area contributed by atoms with Crippen molar-refractivity contribution in [2.75, 3.05) is 0 Å². The highest BCUT2D eigenvalue weighted by molar-refractivity contribution is 6.30. The second-order valence-corrected chi connectivity index (χ2v) is 6.30. The van der Waals surface area contributed by atoms with Crippen LogP contribution in [0.25, 0.3) is 11.5 Å². The normalized spacial score (nSPS) is 10.9. The van der Waals surface area contributed by atoms with Crippen LogP contribution in [0.3, 0.4) is 0 Å². The Morgan fingerprint density at radius 3 is 2.40 bits per heavy atom. The van der Waals surface area contributed by atoms with E-state index in [1.165, 1.54) is 5.56 Å². The van der Waals surface area contributed by atoms with Crippen molar-refractivity contribution in [3.05, 3.63) is 70.6 Å². The summed E-state index contributed by atoms with van der Waals surface area (Å²) in [5.74, 6) is 0.567. The number of rotatable bonds is 5. The van der Waals surface area contributed by atoms with E-state index in [1.54, 1.807) is 36.4 Å². The molecule has 5 nitrogen and oxygen atoms in total. The Kier molecular flexibility index (Phi) is 5.14. The Balaban J connectivity index is 1.61. The number of carbonyl (C=O) groups is 1. The lowest BCUT2D eigenvalue weighted by atomic mass is 10.0. The van der Waals surface area contributed by atoms with Crippen LogP contribution in [-0.2, 0) is 11.3 Å². The molecule has 0 saturated heterocycles. The Morgan fingerprint density at radius 1 is 1.08 bits per heavy atom. The third kappa shape index (κ3) is 4.25. The van der Waals surface area contributed by atoms with Crippen molar-refractivity contribution < 1.29 is 13.9 Å². The molecule has 0 atom stereocenters. The summed E-state index contributed by atoms with van der Waals surface area (Å²) in [6, 6.07) is 14.4. The van der Waals surface area contributed by atoms with Gasteiger partial charge < -0.3 is 9.15 Å². The SMILES string of the molecule is CC(C)c1ccc(C(=O)OCc2nnc(-c3ccc(Cl)cc3)o2)cc1. The molecule has 1 heterocycles. The highest BCUT2D eigenvalue weighted by Gasteiger charge is 2.12. The molecule has 3 aromatic rings. The fourth-order valence-electron chi connectivity index (χ4n) is 2.24. The first kappa shape index (κ1) is 17.2. The van der Waals surface area contributed by atoms with Crippen molar-refractivity contribution in [2.24, 2.45) is 0 Å². The molecule has 25 heavy (non-hydrogen) atoms. The lowest BCUT2D eigenvalue weighted by Crippen LogP contribution is -2.05. The predicted octanol–water partition coefficient (Wildman–Crippen LogP) is 4.87. The summed E-state index contributed by atoms with van der Waals surface area (Å²) in [6.07, 6.45) is 0. The zero-order valence-electron chi connectivity index (χ0n) is 13.9. The van der Waals surface area contributed by atoms with Gasteiger partial charge in [0.1, 0.15) is 0 Å². The topological polar surface area (TPSA) is 65.2 Å². The van der Waals surface area contributed by atoms with Crippen LogP contribution in [-0.4, -0.2) is 16.2 Å². The molecule has 0 aliphatic carbocycles. The second-order valence-electron chi connectivity index (χ2n) is 5.86. The Hall–Kier alpha value is -2.66. The Labute approximate surface area is 150 Å². The second kappa shape index (κ2) is 7.49. The summed E-state index contributed by atoms with van der Waals surface area (Å²) in [6.45, 7) is 4.12. The van der Waals surface area contributed by atoms with Gasteiger partial charge in [-0.1, -0.05) is 37.6 Å². The van der Waals surface area contributed by atoms with E-state index in [0.29, 0.717) is 22.4 Å². The first-order valence-electron chi connectivity index (χ1n) is 7.88. The number of nitrogens with zero attached hydrogens (tertiary/aromatic N) is 2. The van der Waals surface area contributed by atoms with Crippen LogP contribution in [0.1, 0.15) is 41.6 Å². The van der Waals surface area contributed by atoms with Gasteiger partial charge in [0.15, 0.2) is 6.61 Å². The van der Waals surface area contributed by atoms with Gasteiger partial charge in [-0.25, -0.2) is 4.79 Å². The molecule has 2 aromatic carbocycles. The monoisotopic (exact) mass is 356 g/mol. The van der Waals surface area contributed by atoms with Gasteiger partial charge >= 0.3 is 5.97 Å². The molecule has 0 aliphatic rings. The predicted molar refractivity (Wildman–Crippen MR) is 94.4 cm³/mol. The van der Waals surface area contributed by atoms with Gasteiger partial charge in [0, 0.05) is 10.6 Å². The zero-order valence-corrected chi connectivity index (χ0v) is 14.7. The average Bonchev–Trinajstić information content (AvgIpc) is 3.09. The van der Waals surface area contributed by atoms with Crippen LogP contribution in [0.4, 0.5) is 0 Å². The molecule has 6 heteroatoms. The smallest absolute Gasteiger partial charge is 0.338 e. The molecule has 0 bridgehead atoms. The van der Waals surface area contributed by atoms with Gasteiger partial charge in [-0.3, -0.25) is 0 Å². The van der Waals surface area contributed by atoms with Crippen LogP contribution in [0.2, 0.25) is 5.02 Å². The van der Waals surface area contributed by atoms with Crippen LogP contribution in [0, 0.1) is 0 Å². The number of carbonyl (C=O) groups excluding carboxylic acids is 1. The van der Waals surface area contributed by atoms with Crippen molar-refractivity contribution >= 4 is 17.6 Å². The number of ether oxygens (including phenoxy) is 1. The van der Waals surface area contributed by atoms with Crippen LogP contribution in [0.5, 0.6) is 0 Å². The van der Waals surface area contributed by atoms with E-state index in [1.807, 2.05) is 12.1 Å². The number of benzene rings is 2. The van der Waals surface area contributed by atoms with E-state index in [4.69, 9.17) is 20.8 Å². The molecule has 128 valence electrons. The molecule has 0 saturated carbocycles. The molecular weight excluding hydrogens is 340 g/mol. The van der Waals surface area contributed by atoms with E-state index in [-0.39, 0.29) is 12.5 Å². The molecule has 0 amide bonds. The van der Waals surface area contributed by atoms with Gasteiger partial charge in [0.2, 0.25) is 5.89 Å². The zero-order chi connectivity index (χ0) is 17.8. The number of aromatic nitrogens is 2. The lowest BCUT2D eigenvalue weighted by Gasteiger charge is -2.06. The molecule has 0 N–H and O–H groups in total. The maximum absolute atomic E-state index is 12.1. The number of hydrogen-bond donors (Lipinski definition) is 0. The van der Waals surface area contributed by atoms with Crippen molar-refractivity contribution in [3.8, 4) is 11.5 Å². The van der Waals surface area contributed by atoms with Crippen LogP contribution < -0.4 is 0 Å². The number of esters is 1. The summed E-state index contributed by atoms with van der Waals surface area (Å²) in [4.78, 5) is 12.1. The first-order valence-corrected chi connectivity index (χ1v) is 8.26. The maximum atomic E-state index is 12.1. The minimum absolute atomic E-state index is 0.0780. The van der Waals surface area contributed by atoms with Gasteiger partial charge in [0.25, 0.3) is 5.89 Å². The van der Waals surface area contributed by atoms with Gasteiger partial charge in [0.05, 0.1) is 5.56 Å². The minimum Gasteiger partial charge on any atom is -0.452 e. The maximum Gasteiger partial charge on any atom is 0.338 e. The van der Waals surface area contributed by atoms with E-state index < -0.39 is 5.97 Å². The molecule has 3 rings (SSSR count). The summed E-state index contributed by atoms with van der Waals surface area (Å²) in [5, 5.41) is 8.46. The Bertz CT molecular complexity index is 855. The van der Waals surface area contributed by atoms with Gasteiger partial charge in [-0.15, -0.1) is 10.2 Å². The lowest BCUT2D eigenvalue weighted by molar-refractivity contribution is 0.0438. The van der Waals surface area contributed by atoms with Crippen molar-refractivity contribution in [1.82, 2.24) is 10.2 Å². The molecule has 1 aromatic heterocycles. The minimum atomic E-state index is -0.429. The summed E-state index contributed by atoms with van der Waals surface area (Å²) >= 11 is 5.85. The largest absolute Gasteiger partial charge is 0.452 e. The summed E-state index contributed by atoms with van der Waals surface area (Å²) < 4.78 is 10.7. The van der Waals surface area contributed by atoms with Gasteiger partial charge in [-0.2, -0.15) is 0 Å². The molecule has 0 fully saturated rings. The van der Waals surface area contributed by atoms with Crippen molar-refractivity contribution in [1.29, 1.82) is 0 Å². The highest BCUT2D eigenvalue weighted by Crippen LogP contribution is 2.20. The van der Waals surface area contributed by atoms with Gasteiger partial charge in [-0.05, 0) is 47.9 Å². The molecule has 0 aliphatic heterocycles. The fraction of sp³-hybridized carbons (Fsp3) is 0.211. The van der Waals surface area contributed by atoms with Crippen LogP contribution >= 0.6 is 11.6 Å². The van der Waals surface area contributed by atoms with E-state index in [0.717, 1.165) is 5.56 Å². The first-order chi connectivity index (χ1) is 12.0. The molecule has 0 radical (unpaired) electrons. The molecule has 0 spiro atoms. The fourth-order valence-corrected chi connectivity index (χ4v) is 2.36. The van der Waals surface area contributed by atoms with E-state index >= 15 is 0 Å². The highest BCUT2D eigenvalue weighted by atomic mass is 35.5. The van der Waals surface area contributed by atoms with E-state index in [9.17, 15) is 4.79 Å². The standard InChI is InChI=1S/C19H17ClN2O3/c1-12(2)13-3-5-15(6-4-13)19(23)24-11-17-21-22-18(25-17)14-7-9-16(20)10-8-14/h3-10,12H,11H2,1-2H3. The molecule has 0 unspecified atom stereocenters. The quantitative estimate of drug-likeness (QED) is 0.610.